The number of hydrogen-bond acceptors (Lipinski definition) is 4. The molecule has 1 aliphatic rings. The van der Waals surface area contributed by atoms with Crippen molar-refractivity contribution in [1.82, 2.24) is 14.4 Å². The van der Waals surface area contributed by atoms with Crippen molar-refractivity contribution in [3.8, 4) is 0 Å². The van der Waals surface area contributed by atoms with E-state index in [1.807, 2.05) is 36.1 Å². The quantitative estimate of drug-likeness (QED) is 0.834. The lowest BCUT2D eigenvalue weighted by molar-refractivity contribution is -0.133. The Balaban J connectivity index is 1.52. The van der Waals surface area contributed by atoms with Gasteiger partial charge in [0.2, 0.25) is 5.91 Å². The van der Waals surface area contributed by atoms with Gasteiger partial charge in [0.05, 0.1) is 0 Å². The topological polar surface area (TPSA) is 45.6 Å². The highest BCUT2D eigenvalue weighted by molar-refractivity contribution is 7.07. The average molecular weight is 366 g/mol. The molecule has 24 heavy (non-hydrogen) atoms. The second kappa shape index (κ2) is 7.51. The maximum atomic E-state index is 12.4. The van der Waals surface area contributed by atoms with Crippen molar-refractivity contribution in [3.63, 3.8) is 0 Å². The van der Waals surface area contributed by atoms with Crippen LogP contribution in [0.25, 0.3) is 0 Å². The van der Waals surface area contributed by atoms with Crippen LogP contribution in [-0.2, 0) is 17.9 Å². The standard InChI is InChI=1S/C17H20ClN3O2S/c1-13-12-24-17(23)21(13)11-16(22)20-8-6-19(7-9-20)10-14-2-4-15(18)5-3-14/h2-5,12H,6-11H2,1H3. The van der Waals surface area contributed by atoms with Crippen molar-refractivity contribution >= 4 is 28.8 Å². The third kappa shape index (κ3) is 4.06. The summed E-state index contributed by atoms with van der Waals surface area (Å²) in [7, 11) is 0. The van der Waals surface area contributed by atoms with Crippen LogP contribution in [0.3, 0.4) is 0 Å². The van der Waals surface area contributed by atoms with E-state index in [2.05, 4.69) is 4.90 Å². The van der Waals surface area contributed by atoms with Gasteiger partial charge in [-0.1, -0.05) is 35.1 Å². The first-order valence-electron chi connectivity index (χ1n) is 7.92. The summed E-state index contributed by atoms with van der Waals surface area (Å²) in [5.41, 5.74) is 2.07. The molecule has 0 atom stereocenters. The van der Waals surface area contributed by atoms with Crippen LogP contribution < -0.4 is 4.87 Å². The zero-order valence-corrected chi connectivity index (χ0v) is 15.1. The summed E-state index contributed by atoms with van der Waals surface area (Å²) in [5.74, 6) is 0.0183. The van der Waals surface area contributed by atoms with Crippen LogP contribution in [0.2, 0.25) is 5.02 Å². The van der Waals surface area contributed by atoms with E-state index in [-0.39, 0.29) is 17.3 Å². The van der Waals surface area contributed by atoms with Gasteiger partial charge in [-0.25, -0.2) is 0 Å². The number of rotatable bonds is 4. The number of nitrogens with zero attached hydrogens (tertiary/aromatic N) is 3. The number of benzene rings is 1. The van der Waals surface area contributed by atoms with Crippen LogP contribution in [0.5, 0.6) is 0 Å². The van der Waals surface area contributed by atoms with Gasteiger partial charge in [0.15, 0.2) is 0 Å². The van der Waals surface area contributed by atoms with E-state index in [1.165, 1.54) is 5.56 Å². The molecule has 1 amide bonds. The van der Waals surface area contributed by atoms with Gasteiger partial charge in [-0.2, -0.15) is 0 Å². The minimum Gasteiger partial charge on any atom is -0.339 e. The van der Waals surface area contributed by atoms with Gasteiger partial charge in [0, 0.05) is 48.8 Å². The van der Waals surface area contributed by atoms with Gasteiger partial charge in [0.1, 0.15) is 6.54 Å². The van der Waals surface area contributed by atoms with Crippen molar-refractivity contribution in [2.45, 2.75) is 20.0 Å². The lowest BCUT2D eigenvalue weighted by Gasteiger charge is -2.34. The highest BCUT2D eigenvalue weighted by Crippen LogP contribution is 2.13. The molecule has 1 fully saturated rings. The molecule has 128 valence electrons. The van der Waals surface area contributed by atoms with Gasteiger partial charge in [0.25, 0.3) is 0 Å². The fourth-order valence-electron chi connectivity index (χ4n) is 2.83. The van der Waals surface area contributed by atoms with E-state index in [0.29, 0.717) is 13.1 Å². The van der Waals surface area contributed by atoms with Crippen molar-refractivity contribution in [1.29, 1.82) is 0 Å². The van der Waals surface area contributed by atoms with Crippen LogP contribution in [-0.4, -0.2) is 46.5 Å². The Bertz CT molecular complexity index is 761. The summed E-state index contributed by atoms with van der Waals surface area (Å²) in [4.78, 5) is 28.3. The summed E-state index contributed by atoms with van der Waals surface area (Å²) >= 11 is 7.05. The molecule has 0 bridgehead atoms. The predicted octanol–water partition coefficient (Wildman–Crippen LogP) is 2.22. The van der Waals surface area contributed by atoms with E-state index >= 15 is 0 Å². The van der Waals surface area contributed by atoms with Gasteiger partial charge < -0.3 is 4.90 Å². The van der Waals surface area contributed by atoms with E-state index < -0.39 is 0 Å². The summed E-state index contributed by atoms with van der Waals surface area (Å²) in [6.45, 7) is 5.94. The molecule has 0 saturated carbocycles. The zero-order valence-electron chi connectivity index (χ0n) is 13.6. The van der Waals surface area contributed by atoms with Gasteiger partial charge >= 0.3 is 4.87 Å². The van der Waals surface area contributed by atoms with E-state index in [4.69, 9.17) is 11.6 Å². The largest absolute Gasteiger partial charge is 0.339 e. The summed E-state index contributed by atoms with van der Waals surface area (Å²) < 4.78 is 1.55. The Morgan fingerprint density at radius 2 is 1.83 bits per heavy atom. The molecule has 0 N–H and O–H groups in total. The first kappa shape index (κ1) is 17.2. The number of halogens is 1. The number of thiazole rings is 1. The normalized spacial score (nSPS) is 15.7. The van der Waals surface area contributed by atoms with Crippen LogP contribution in [0.15, 0.2) is 34.4 Å². The van der Waals surface area contributed by atoms with Crippen molar-refractivity contribution in [2.24, 2.45) is 0 Å². The molecule has 0 spiro atoms. The van der Waals surface area contributed by atoms with Crippen LogP contribution in [0, 0.1) is 6.92 Å². The Hall–Kier alpha value is -1.63. The molecule has 2 heterocycles. The molecule has 1 aromatic carbocycles. The number of aromatic nitrogens is 1. The zero-order chi connectivity index (χ0) is 17.1. The number of hydrogen-bond donors (Lipinski definition) is 0. The predicted molar refractivity (Wildman–Crippen MR) is 96.6 cm³/mol. The van der Waals surface area contributed by atoms with Gasteiger partial charge in [-0.3, -0.25) is 19.1 Å². The Morgan fingerprint density at radius 1 is 1.17 bits per heavy atom. The van der Waals surface area contributed by atoms with E-state index in [0.717, 1.165) is 41.7 Å². The highest BCUT2D eigenvalue weighted by Gasteiger charge is 2.22. The van der Waals surface area contributed by atoms with Crippen LogP contribution in [0.4, 0.5) is 0 Å². The third-order valence-electron chi connectivity index (χ3n) is 4.31. The molecule has 1 aromatic heterocycles. The minimum atomic E-state index is -0.0674. The summed E-state index contributed by atoms with van der Waals surface area (Å²) in [6, 6.07) is 7.87. The Morgan fingerprint density at radius 3 is 2.42 bits per heavy atom. The molecule has 1 aliphatic heterocycles. The van der Waals surface area contributed by atoms with Crippen molar-refractivity contribution in [3.05, 3.63) is 55.6 Å². The molecule has 3 rings (SSSR count). The fourth-order valence-corrected chi connectivity index (χ4v) is 3.70. The van der Waals surface area contributed by atoms with Gasteiger partial charge in [-0.15, -0.1) is 0 Å². The lowest BCUT2D eigenvalue weighted by atomic mass is 10.2. The molecule has 1 saturated heterocycles. The molecule has 2 aromatic rings. The van der Waals surface area contributed by atoms with Crippen molar-refractivity contribution in [2.75, 3.05) is 26.2 Å². The number of piperazine rings is 1. The third-order valence-corrected chi connectivity index (χ3v) is 5.45. The molecular weight excluding hydrogens is 346 g/mol. The monoisotopic (exact) mass is 365 g/mol. The molecule has 7 heteroatoms. The molecular formula is C17H20ClN3O2S. The SMILES string of the molecule is Cc1csc(=O)n1CC(=O)N1CCN(Cc2ccc(Cl)cc2)CC1. The maximum absolute atomic E-state index is 12.4. The Kier molecular flexibility index (Phi) is 5.38. The Labute approximate surface area is 150 Å². The maximum Gasteiger partial charge on any atom is 0.307 e. The molecule has 0 radical (unpaired) electrons. The lowest BCUT2D eigenvalue weighted by Crippen LogP contribution is -2.49. The molecule has 0 unspecified atom stereocenters. The van der Waals surface area contributed by atoms with Crippen LogP contribution >= 0.6 is 22.9 Å². The first-order valence-corrected chi connectivity index (χ1v) is 9.18. The fraction of sp³-hybridized carbons (Fsp3) is 0.412. The minimum absolute atomic E-state index is 0.0183. The molecule has 0 aliphatic carbocycles. The smallest absolute Gasteiger partial charge is 0.307 e. The van der Waals surface area contributed by atoms with Crippen molar-refractivity contribution < 1.29 is 4.79 Å². The van der Waals surface area contributed by atoms with Gasteiger partial charge in [-0.05, 0) is 24.6 Å². The number of amides is 1. The number of aryl methyl sites for hydroxylation is 1. The van der Waals surface area contributed by atoms with E-state index in [9.17, 15) is 9.59 Å². The average Bonchev–Trinajstić information content (AvgIpc) is 2.89. The number of carbonyl (C=O) groups is 1. The number of carbonyl (C=O) groups excluding carboxylic acids is 1. The highest BCUT2D eigenvalue weighted by atomic mass is 35.5. The summed E-state index contributed by atoms with van der Waals surface area (Å²) in [5, 5.41) is 2.53. The second-order valence-electron chi connectivity index (χ2n) is 6.01. The van der Waals surface area contributed by atoms with Crippen LogP contribution in [0.1, 0.15) is 11.3 Å². The van der Waals surface area contributed by atoms with E-state index in [1.54, 1.807) is 9.95 Å². The molecule has 5 nitrogen and oxygen atoms in total. The second-order valence-corrected chi connectivity index (χ2v) is 7.27. The summed E-state index contributed by atoms with van der Waals surface area (Å²) in [6.07, 6.45) is 0. The first-order chi connectivity index (χ1) is 11.5.